The molecule has 0 atom stereocenters. The van der Waals surface area contributed by atoms with E-state index in [1.54, 1.807) is 0 Å². The molecule has 0 bridgehead atoms. The first-order valence-electron chi connectivity index (χ1n) is 3.61. The minimum Gasteiger partial charge on any atom is -0.354 e. The number of halogens is 4. The first kappa shape index (κ1) is 9.51. The quantitative estimate of drug-likeness (QED) is 0.728. The van der Waals surface area contributed by atoms with Crippen LogP contribution in [0, 0.1) is 0 Å². The lowest BCUT2D eigenvalue weighted by atomic mass is 10.1. The summed E-state index contributed by atoms with van der Waals surface area (Å²) in [5.74, 6) is 0. The van der Waals surface area contributed by atoms with Gasteiger partial charge in [0.05, 0.1) is 5.39 Å². The largest absolute Gasteiger partial charge is 0.420 e. The molecule has 0 fully saturated rings. The van der Waals surface area contributed by atoms with Gasteiger partial charge in [0.1, 0.15) is 5.56 Å². The van der Waals surface area contributed by atoms with Crippen molar-refractivity contribution in [2.75, 3.05) is 0 Å². The summed E-state index contributed by atoms with van der Waals surface area (Å²) in [7, 11) is 0. The van der Waals surface area contributed by atoms with Crippen molar-refractivity contribution in [1.29, 1.82) is 0 Å². The van der Waals surface area contributed by atoms with Crippen LogP contribution < -0.4 is 0 Å². The van der Waals surface area contributed by atoms with E-state index in [2.05, 4.69) is 25.6 Å². The average molecular weight is 266 g/mol. The minimum atomic E-state index is -4.42. The summed E-state index contributed by atoms with van der Waals surface area (Å²) in [4.78, 5) is 0. The third kappa shape index (κ3) is 1.39. The van der Waals surface area contributed by atoms with Crippen molar-refractivity contribution in [1.82, 2.24) is 5.16 Å². The van der Waals surface area contributed by atoms with E-state index in [0.717, 1.165) is 6.07 Å². The van der Waals surface area contributed by atoms with Crippen LogP contribution in [0.4, 0.5) is 13.2 Å². The Labute approximate surface area is 84.8 Å². The first-order chi connectivity index (χ1) is 6.50. The van der Waals surface area contributed by atoms with E-state index < -0.39 is 11.7 Å². The smallest absolute Gasteiger partial charge is 0.354 e. The van der Waals surface area contributed by atoms with Gasteiger partial charge in [0.2, 0.25) is 0 Å². The Morgan fingerprint density at radius 2 is 2.00 bits per heavy atom. The zero-order valence-electron chi connectivity index (χ0n) is 6.60. The Hall–Kier alpha value is -1.04. The van der Waals surface area contributed by atoms with Crippen LogP contribution in [0.5, 0.6) is 0 Å². The van der Waals surface area contributed by atoms with Crippen molar-refractivity contribution in [3.8, 4) is 0 Å². The van der Waals surface area contributed by atoms with Crippen molar-refractivity contribution in [2.24, 2.45) is 0 Å². The van der Waals surface area contributed by atoms with Gasteiger partial charge >= 0.3 is 6.18 Å². The van der Waals surface area contributed by atoms with E-state index in [0.29, 0.717) is 5.39 Å². The number of fused-ring (bicyclic) bond motifs is 1. The van der Waals surface area contributed by atoms with Gasteiger partial charge in [-0.25, -0.2) is 0 Å². The summed E-state index contributed by atoms with van der Waals surface area (Å²) in [5, 5.41) is 3.73. The molecule has 2 rings (SSSR count). The number of para-hydroxylation sites is 1. The zero-order chi connectivity index (χ0) is 10.3. The maximum atomic E-state index is 12.4. The van der Waals surface area contributed by atoms with Crippen molar-refractivity contribution >= 4 is 26.9 Å². The molecule has 0 unspecified atom stereocenters. The van der Waals surface area contributed by atoms with Gasteiger partial charge in [0, 0.05) is 0 Å². The Balaban J connectivity index is 2.79. The van der Waals surface area contributed by atoms with Gasteiger partial charge in [-0.3, -0.25) is 0 Å². The molecule has 14 heavy (non-hydrogen) atoms. The molecule has 0 amide bonds. The molecule has 0 saturated heterocycles. The molecule has 0 aliphatic carbocycles. The molecule has 0 spiro atoms. The SMILES string of the molecule is FC(F)(F)c1cccc2c(Br)noc12. The van der Waals surface area contributed by atoms with Crippen LogP contribution in [0.3, 0.4) is 0 Å². The van der Waals surface area contributed by atoms with Gasteiger partial charge in [-0.05, 0) is 28.1 Å². The predicted molar refractivity (Wildman–Crippen MR) is 46.7 cm³/mol. The highest BCUT2D eigenvalue weighted by molar-refractivity contribution is 9.10. The van der Waals surface area contributed by atoms with Crippen LogP contribution in [0.2, 0.25) is 0 Å². The highest BCUT2D eigenvalue weighted by Crippen LogP contribution is 2.36. The lowest BCUT2D eigenvalue weighted by Gasteiger charge is -2.05. The fourth-order valence-corrected chi connectivity index (χ4v) is 1.54. The molecule has 74 valence electrons. The molecular weight excluding hydrogens is 263 g/mol. The van der Waals surface area contributed by atoms with Gasteiger partial charge in [-0.15, -0.1) is 0 Å². The second-order valence-corrected chi connectivity index (χ2v) is 3.40. The number of alkyl halides is 3. The van der Waals surface area contributed by atoms with Crippen molar-refractivity contribution in [3.05, 3.63) is 28.4 Å². The monoisotopic (exact) mass is 265 g/mol. The van der Waals surface area contributed by atoms with Crippen LogP contribution in [0.15, 0.2) is 27.3 Å². The normalized spacial score (nSPS) is 12.3. The number of benzene rings is 1. The number of nitrogens with zero attached hydrogens (tertiary/aromatic N) is 1. The van der Waals surface area contributed by atoms with E-state index >= 15 is 0 Å². The molecule has 2 aromatic rings. The second-order valence-electron chi connectivity index (χ2n) is 2.65. The minimum absolute atomic E-state index is 0.244. The predicted octanol–water partition coefficient (Wildman–Crippen LogP) is 3.61. The van der Waals surface area contributed by atoms with Crippen molar-refractivity contribution in [3.63, 3.8) is 0 Å². The number of hydrogen-bond acceptors (Lipinski definition) is 2. The fourth-order valence-electron chi connectivity index (χ4n) is 1.16. The van der Waals surface area contributed by atoms with Crippen LogP contribution >= 0.6 is 15.9 Å². The summed E-state index contributed by atoms with van der Waals surface area (Å²) in [6, 6.07) is 3.78. The maximum Gasteiger partial charge on any atom is 0.420 e. The average Bonchev–Trinajstić information content (AvgIpc) is 2.46. The summed E-state index contributed by atoms with van der Waals surface area (Å²) < 4.78 is 42.1. The van der Waals surface area contributed by atoms with Gasteiger partial charge in [-0.2, -0.15) is 13.2 Å². The Morgan fingerprint density at radius 1 is 1.29 bits per heavy atom. The highest BCUT2D eigenvalue weighted by Gasteiger charge is 2.34. The number of rotatable bonds is 0. The van der Waals surface area contributed by atoms with Crippen molar-refractivity contribution in [2.45, 2.75) is 6.18 Å². The topological polar surface area (TPSA) is 26.0 Å². The van der Waals surface area contributed by atoms with Gasteiger partial charge < -0.3 is 4.52 Å². The molecule has 0 radical (unpaired) electrons. The third-order valence-corrected chi connectivity index (χ3v) is 2.33. The van der Waals surface area contributed by atoms with E-state index in [1.807, 2.05) is 0 Å². The molecule has 1 heterocycles. The first-order valence-corrected chi connectivity index (χ1v) is 4.40. The Morgan fingerprint density at radius 3 is 2.64 bits per heavy atom. The van der Waals surface area contributed by atoms with E-state index in [-0.39, 0.29) is 10.2 Å². The van der Waals surface area contributed by atoms with Gasteiger partial charge in [0.15, 0.2) is 10.2 Å². The van der Waals surface area contributed by atoms with E-state index in [1.165, 1.54) is 12.1 Å². The van der Waals surface area contributed by atoms with Crippen LogP contribution in [-0.4, -0.2) is 5.16 Å². The van der Waals surface area contributed by atoms with E-state index in [4.69, 9.17) is 0 Å². The van der Waals surface area contributed by atoms with Crippen LogP contribution in [0.25, 0.3) is 11.0 Å². The Kier molecular flexibility index (Phi) is 2.02. The van der Waals surface area contributed by atoms with E-state index in [9.17, 15) is 13.2 Å². The zero-order valence-corrected chi connectivity index (χ0v) is 8.19. The fraction of sp³-hybridized carbons (Fsp3) is 0.125. The van der Waals surface area contributed by atoms with Crippen LogP contribution in [0.1, 0.15) is 5.56 Å². The molecular formula is C8H3BrF3NO. The molecule has 6 heteroatoms. The number of aromatic nitrogens is 1. The Bertz CT molecular complexity index is 477. The van der Waals surface area contributed by atoms with Crippen LogP contribution in [-0.2, 0) is 6.18 Å². The molecule has 0 N–H and O–H groups in total. The lowest BCUT2D eigenvalue weighted by molar-refractivity contribution is -0.137. The molecule has 1 aromatic carbocycles. The summed E-state index contributed by atoms with van der Waals surface area (Å²) in [6.07, 6.45) is -4.42. The summed E-state index contributed by atoms with van der Waals surface area (Å²) in [5.41, 5.74) is -1.06. The molecule has 0 aliphatic rings. The molecule has 2 nitrogen and oxygen atoms in total. The second kappa shape index (κ2) is 2.98. The van der Waals surface area contributed by atoms with Gasteiger partial charge in [0.25, 0.3) is 0 Å². The molecule has 1 aromatic heterocycles. The van der Waals surface area contributed by atoms with Gasteiger partial charge in [-0.1, -0.05) is 11.2 Å². The standard InChI is InChI=1S/C8H3BrF3NO/c9-7-4-2-1-3-5(8(10,11)12)6(4)14-13-7/h1-3H. The third-order valence-electron chi connectivity index (χ3n) is 1.76. The van der Waals surface area contributed by atoms with Crippen molar-refractivity contribution < 1.29 is 17.7 Å². The summed E-state index contributed by atoms with van der Waals surface area (Å²) in [6.45, 7) is 0. The maximum absolute atomic E-state index is 12.4. The number of hydrogen-bond donors (Lipinski definition) is 0. The highest BCUT2D eigenvalue weighted by atomic mass is 79.9. The molecule has 0 saturated carbocycles. The lowest BCUT2D eigenvalue weighted by Crippen LogP contribution is -2.04. The summed E-state index contributed by atoms with van der Waals surface area (Å²) >= 11 is 3.00. The molecule has 0 aliphatic heterocycles.